The van der Waals surface area contributed by atoms with Crippen LogP contribution in [0.3, 0.4) is 0 Å². The zero-order valence-electron chi connectivity index (χ0n) is 20.5. The summed E-state index contributed by atoms with van der Waals surface area (Å²) in [5.41, 5.74) is 5.77. The Morgan fingerprint density at radius 3 is 2.70 bits per heavy atom. The fraction of sp³-hybridized carbons (Fsp3) is 0.179. The van der Waals surface area contributed by atoms with Gasteiger partial charge < -0.3 is 15.4 Å². The van der Waals surface area contributed by atoms with Crippen LogP contribution in [-0.2, 0) is 11.4 Å². The van der Waals surface area contributed by atoms with Gasteiger partial charge in [0, 0.05) is 27.0 Å². The number of aromatic nitrogens is 3. The van der Waals surface area contributed by atoms with E-state index in [1.165, 1.54) is 6.33 Å². The zero-order chi connectivity index (χ0) is 26.1. The first-order valence-corrected chi connectivity index (χ1v) is 12.5. The Balaban J connectivity index is 1.46. The predicted octanol–water partition coefficient (Wildman–Crippen LogP) is 6.71. The molecule has 9 heteroatoms. The number of nitrogens with one attached hydrogen (secondary N) is 2. The molecule has 1 amide bonds. The quantitative estimate of drug-likeness (QED) is 0.288. The van der Waals surface area contributed by atoms with Crippen molar-refractivity contribution >= 4 is 40.7 Å². The van der Waals surface area contributed by atoms with Crippen LogP contribution in [0.1, 0.15) is 35.2 Å². The van der Waals surface area contributed by atoms with E-state index in [-0.39, 0.29) is 12.5 Å². The Bertz CT molecular complexity index is 1530. The molecular weight excluding hydrogens is 509 g/mol. The summed E-state index contributed by atoms with van der Waals surface area (Å²) in [6.07, 6.45) is 1.47. The molecule has 3 aromatic carbocycles. The first-order valence-electron chi connectivity index (χ1n) is 11.7. The van der Waals surface area contributed by atoms with Gasteiger partial charge in [0.15, 0.2) is 0 Å². The van der Waals surface area contributed by atoms with Crippen LogP contribution >= 0.6 is 23.2 Å². The number of anilines is 2. The first kappa shape index (κ1) is 24.9. The molecule has 1 atom stereocenters. The minimum atomic E-state index is -0.507. The van der Waals surface area contributed by atoms with Crippen LogP contribution in [-0.4, -0.2) is 20.7 Å². The summed E-state index contributed by atoms with van der Waals surface area (Å²) in [7, 11) is 0. The van der Waals surface area contributed by atoms with Gasteiger partial charge in [0.2, 0.25) is 5.95 Å². The second-order valence-electron chi connectivity index (χ2n) is 8.96. The van der Waals surface area contributed by atoms with Crippen LogP contribution in [0.4, 0.5) is 11.6 Å². The van der Waals surface area contributed by atoms with Crippen molar-refractivity contribution in [3.8, 4) is 5.75 Å². The molecule has 0 spiro atoms. The van der Waals surface area contributed by atoms with Gasteiger partial charge in [-0.3, -0.25) is 4.79 Å². The average molecular weight is 534 g/mol. The van der Waals surface area contributed by atoms with Crippen molar-refractivity contribution in [2.75, 3.05) is 10.6 Å². The summed E-state index contributed by atoms with van der Waals surface area (Å²) in [6, 6.07) is 18.3. The lowest BCUT2D eigenvalue weighted by molar-refractivity contribution is -0.113. The standard InChI is InChI=1S/C28H25Cl2N5O2/c1-16-7-10-24(17(2)11-16)34-27(36)25-18(3)33-28-31-15-32-35(28)26(25)19-5-4-6-22(12-19)37-14-20-8-9-21(29)13-23(20)30/h4-13,15,26H,14H2,1-3H3,(H,34,36)(H,31,32,33)/t26-/m1/s1. The molecule has 1 aliphatic heterocycles. The number of carbonyl (C=O) groups excluding carboxylic acids is 1. The molecule has 188 valence electrons. The number of nitrogens with zero attached hydrogens (tertiary/aromatic N) is 3. The number of rotatable bonds is 6. The zero-order valence-corrected chi connectivity index (χ0v) is 22.1. The summed E-state index contributed by atoms with van der Waals surface area (Å²) >= 11 is 12.3. The fourth-order valence-electron chi connectivity index (χ4n) is 4.41. The smallest absolute Gasteiger partial charge is 0.255 e. The van der Waals surface area contributed by atoms with Crippen molar-refractivity contribution in [2.45, 2.75) is 33.4 Å². The van der Waals surface area contributed by atoms with Crippen molar-refractivity contribution in [3.05, 3.63) is 111 Å². The van der Waals surface area contributed by atoms with E-state index in [4.69, 9.17) is 27.9 Å². The van der Waals surface area contributed by atoms with E-state index in [0.29, 0.717) is 33.0 Å². The van der Waals surface area contributed by atoms with Crippen LogP contribution in [0, 0.1) is 13.8 Å². The molecule has 0 saturated carbocycles. The third-order valence-corrected chi connectivity index (χ3v) is 6.84. The number of allylic oxidation sites excluding steroid dienone is 1. The monoisotopic (exact) mass is 533 g/mol. The molecule has 1 aliphatic rings. The highest BCUT2D eigenvalue weighted by Gasteiger charge is 2.33. The molecule has 5 rings (SSSR count). The number of amides is 1. The van der Waals surface area contributed by atoms with Crippen molar-refractivity contribution in [3.63, 3.8) is 0 Å². The van der Waals surface area contributed by atoms with Crippen LogP contribution in [0.5, 0.6) is 5.75 Å². The normalized spacial score (nSPS) is 14.7. The van der Waals surface area contributed by atoms with E-state index in [1.807, 2.05) is 69.3 Å². The van der Waals surface area contributed by atoms with Crippen molar-refractivity contribution < 1.29 is 9.53 Å². The first-order chi connectivity index (χ1) is 17.8. The number of fused-ring (bicyclic) bond motifs is 1. The van der Waals surface area contributed by atoms with E-state index < -0.39 is 6.04 Å². The van der Waals surface area contributed by atoms with Gasteiger partial charge in [-0.05, 0) is 62.2 Å². The fourth-order valence-corrected chi connectivity index (χ4v) is 4.87. The van der Waals surface area contributed by atoms with Gasteiger partial charge in [0.25, 0.3) is 5.91 Å². The SMILES string of the molecule is CC1=C(C(=O)Nc2ccc(C)cc2C)[C@@H](c2cccc(OCc3ccc(Cl)cc3Cl)c2)n2ncnc2N1. The highest BCUT2D eigenvalue weighted by atomic mass is 35.5. The number of ether oxygens (including phenoxy) is 1. The minimum Gasteiger partial charge on any atom is -0.489 e. The third kappa shape index (κ3) is 5.19. The lowest BCUT2D eigenvalue weighted by Gasteiger charge is -2.29. The Hall–Kier alpha value is -3.81. The van der Waals surface area contributed by atoms with Crippen LogP contribution in [0.15, 0.2) is 78.3 Å². The van der Waals surface area contributed by atoms with Crippen molar-refractivity contribution in [1.29, 1.82) is 0 Å². The molecule has 0 aliphatic carbocycles. The highest BCUT2D eigenvalue weighted by molar-refractivity contribution is 6.35. The Kier molecular flexibility index (Phi) is 6.91. The van der Waals surface area contributed by atoms with Gasteiger partial charge in [-0.2, -0.15) is 10.1 Å². The maximum absolute atomic E-state index is 13.7. The molecule has 2 N–H and O–H groups in total. The van der Waals surface area contributed by atoms with Crippen molar-refractivity contribution in [1.82, 2.24) is 14.8 Å². The lowest BCUT2D eigenvalue weighted by Crippen LogP contribution is -2.31. The Morgan fingerprint density at radius 1 is 1.08 bits per heavy atom. The second-order valence-corrected chi connectivity index (χ2v) is 9.81. The number of halogens is 2. The molecule has 0 radical (unpaired) electrons. The molecule has 0 unspecified atom stereocenters. The molecule has 0 saturated heterocycles. The van der Waals surface area contributed by atoms with Gasteiger partial charge in [-0.25, -0.2) is 4.68 Å². The molecule has 37 heavy (non-hydrogen) atoms. The van der Waals surface area contributed by atoms with Gasteiger partial charge in [0.05, 0.1) is 5.57 Å². The number of hydrogen-bond donors (Lipinski definition) is 2. The Morgan fingerprint density at radius 2 is 1.92 bits per heavy atom. The summed E-state index contributed by atoms with van der Waals surface area (Å²) in [5, 5.41) is 11.8. The maximum Gasteiger partial charge on any atom is 0.255 e. The van der Waals surface area contributed by atoms with E-state index in [1.54, 1.807) is 16.8 Å². The van der Waals surface area contributed by atoms with Gasteiger partial charge >= 0.3 is 0 Å². The molecule has 0 fully saturated rings. The van der Waals surface area contributed by atoms with Crippen molar-refractivity contribution in [2.24, 2.45) is 0 Å². The molecular formula is C28H25Cl2N5O2. The molecule has 2 heterocycles. The van der Waals surface area contributed by atoms with E-state index in [0.717, 1.165) is 27.9 Å². The number of hydrogen-bond acceptors (Lipinski definition) is 5. The second kappa shape index (κ2) is 10.3. The molecule has 4 aromatic rings. The largest absolute Gasteiger partial charge is 0.489 e. The summed E-state index contributed by atoms with van der Waals surface area (Å²) in [6.45, 7) is 6.14. The summed E-state index contributed by atoms with van der Waals surface area (Å²) < 4.78 is 7.76. The van der Waals surface area contributed by atoms with Gasteiger partial charge in [-0.15, -0.1) is 0 Å². The van der Waals surface area contributed by atoms with E-state index in [9.17, 15) is 4.79 Å². The lowest BCUT2D eigenvalue weighted by atomic mass is 9.94. The molecule has 1 aromatic heterocycles. The minimum absolute atomic E-state index is 0.220. The molecule has 0 bridgehead atoms. The maximum atomic E-state index is 13.7. The van der Waals surface area contributed by atoms with Gasteiger partial charge in [-0.1, -0.05) is 59.1 Å². The molecule has 7 nitrogen and oxygen atoms in total. The van der Waals surface area contributed by atoms with Gasteiger partial charge in [0.1, 0.15) is 24.7 Å². The van der Waals surface area contributed by atoms with Crippen LogP contribution < -0.4 is 15.4 Å². The topological polar surface area (TPSA) is 81.1 Å². The van der Waals surface area contributed by atoms with Crippen LogP contribution in [0.2, 0.25) is 10.0 Å². The van der Waals surface area contributed by atoms with E-state index >= 15 is 0 Å². The number of benzene rings is 3. The third-order valence-electron chi connectivity index (χ3n) is 6.25. The highest BCUT2D eigenvalue weighted by Crippen LogP contribution is 2.36. The number of carbonyl (C=O) groups is 1. The summed E-state index contributed by atoms with van der Waals surface area (Å²) in [4.78, 5) is 18.0. The van der Waals surface area contributed by atoms with Crippen LogP contribution in [0.25, 0.3) is 0 Å². The number of aryl methyl sites for hydroxylation is 2. The van der Waals surface area contributed by atoms with E-state index in [2.05, 4.69) is 20.7 Å². The Labute approximate surface area is 225 Å². The predicted molar refractivity (Wildman–Crippen MR) is 146 cm³/mol. The summed E-state index contributed by atoms with van der Waals surface area (Å²) in [5.74, 6) is 0.975. The average Bonchev–Trinajstić information content (AvgIpc) is 3.32.